The van der Waals surface area contributed by atoms with Crippen molar-refractivity contribution in [2.24, 2.45) is 0 Å². The van der Waals surface area contributed by atoms with Crippen molar-refractivity contribution in [1.82, 2.24) is 5.32 Å². The van der Waals surface area contributed by atoms with E-state index in [1.165, 1.54) is 10.5 Å². The van der Waals surface area contributed by atoms with Gasteiger partial charge in [-0.15, -0.1) is 11.8 Å². The number of hydrogen-bond donors (Lipinski definition) is 1. The van der Waals surface area contributed by atoms with E-state index in [1.54, 1.807) is 0 Å². The average molecular weight is 221 g/mol. The molecule has 1 aromatic rings. The Labute approximate surface area is 94.4 Å². The Morgan fingerprint density at radius 1 is 1.47 bits per heavy atom. The average Bonchev–Trinajstić information content (AvgIpc) is 2.63. The van der Waals surface area contributed by atoms with E-state index < -0.39 is 0 Å². The Bertz CT molecular complexity index is 372. The monoisotopic (exact) mass is 221 g/mol. The van der Waals surface area contributed by atoms with Gasteiger partial charge in [-0.1, -0.05) is 18.2 Å². The highest BCUT2D eigenvalue weighted by Crippen LogP contribution is 2.45. The second-order valence-corrected chi connectivity index (χ2v) is 5.39. The van der Waals surface area contributed by atoms with Crippen LogP contribution in [-0.2, 0) is 10.3 Å². The van der Waals surface area contributed by atoms with Gasteiger partial charge >= 0.3 is 0 Å². The van der Waals surface area contributed by atoms with Crippen LogP contribution in [0.2, 0.25) is 0 Å². The zero-order chi connectivity index (χ0) is 10.3. The van der Waals surface area contributed by atoms with Crippen LogP contribution < -0.4 is 5.32 Å². The third kappa shape index (κ3) is 1.50. The van der Waals surface area contributed by atoms with Gasteiger partial charge < -0.3 is 10.1 Å². The molecule has 0 amide bonds. The van der Waals surface area contributed by atoms with Gasteiger partial charge in [-0.2, -0.15) is 0 Å². The predicted octanol–water partition coefficient (Wildman–Crippen LogP) is 2.00. The fourth-order valence-electron chi connectivity index (χ4n) is 2.24. The minimum absolute atomic E-state index is 0.0617. The summed E-state index contributed by atoms with van der Waals surface area (Å²) in [5.74, 6) is 1.05. The van der Waals surface area contributed by atoms with Crippen LogP contribution in [-0.4, -0.2) is 24.9 Å². The van der Waals surface area contributed by atoms with Gasteiger partial charge in [0.15, 0.2) is 0 Å². The molecule has 15 heavy (non-hydrogen) atoms. The minimum Gasteiger partial charge on any atom is -0.366 e. The molecule has 2 heterocycles. The van der Waals surface area contributed by atoms with Gasteiger partial charge in [0.2, 0.25) is 0 Å². The number of rotatable bonds is 0. The summed E-state index contributed by atoms with van der Waals surface area (Å²) in [6, 6.07) is 9.08. The number of ether oxygens (including phenoxy) is 1. The molecule has 0 saturated carbocycles. The summed E-state index contributed by atoms with van der Waals surface area (Å²) < 4.78 is 6.08. The summed E-state index contributed by atoms with van der Waals surface area (Å²) in [4.78, 5) is 1.38. The summed E-state index contributed by atoms with van der Waals surface area (Å²) in [7, 11) is 0. The van der Waals surface area contributed by atoms with Gasteiger partial charge in [0.1, 0.15) is 5.60 Å². The molecule has 1 fully saturated rings. The molecule has 2 aliphatic heterocycles. The first-order valence-electron chi connectivity index (χ1n) is 5.40. The molecule has 2 nitrogen and oxygen atoms in total. The van der Waals surface area contributed by atoms with Crippen LogP contribution in [0, 0.1) is 0 Å². The lowest BCUT2D eigenvalue weighted by Crippen LogP contribution is -2.51. The number of thioether (sulfide) groups is 1. The summed E-state index contributed by atoms with van der Waals surface area (Å²) >= 11 is 1.91. The molecule has 3 rings (SSSR count). The van der Waals surface area contributed by atoms with E-state index >= 15 is 0 Å². The molecule has 0 radical (unpaired) electrons. The normalized spacial score (nSPS) is 34.3. The van der Waals surface area contributed by atoms with Crippen LogP contribution >= 0.6 is 11.8 Å². The second-order valence-electron chi connectivity index (χ2n) is 4.37. The predicted molar refractivity (Wildman–Crippen MR) is 62.3 cm³/mol. The molecule has 80 valence electrons. The molecule has 2 atom stereocenters. The number of morpholine rings is 1. The fraction of sp³-hybridized carbons (Fsp3) is 0.500. The Balaban J connectivity index is 1.95. The molecule has 2 aliphatic rings. The van der Waals surface area contributed by atoms with E-state index in [0.29, 0.717) is 6.04 Å². The summed E-state index contributed by atoms with van der Waals surface area (Å²) in [6.07, 6.45) is 0. The van der Waals surface area contributed by atoms with Gasteiger partial charge in [0, 0.05) is 23.2 Å². The van der Waals surface area contributed by atoms with Crippen molar-refractivity contribution in [2.75, 3.05) is 18.9 Å². The summed E-state index contributed by atoms with van der Waals surface area (Å²) in [5.41, 5.74) is 1.31. The zero-order valence-corrected chi connectivity index (χ0v) is 9.64. The summed E-state index contributed by atoms with van der Waals surface area (Å²) in [6.45, 7) is 3.92. The van der Waals surface area contributed by atoms with Crippen LogP contribution in [0.1, 0.15) is 12.5 Å². The van der Waals surface area contributed by atoms with Crippen molar-refractivity contribution in [3.63, 3.8) is 0 Å². The lowest BCUT2D eigenvalue weighted by atomic mass is 9.94. The Morgan fingerprint density at radius 2 is 2.33 bits per heavy atom. The quantitative estimate of drug-likeness (QED) is 0.724. The van der Waals surface area contributed by atoms with E-state index in [-0.39, 0.29) is 5.60 Å². The first-order chi connectivity index (χ1) is 7.30. The number of fused-ring (bicyclic) bond motifs is 2. The highest BCUT2D eigenvalue weighted by molar-refractivity contribution is 7.99. The molecular weight excluding hydrogens is 206 g/mol. The summed E-state index contributed by atoms with van der Waals surface area (Å²) in [5, 5.41) is 3.52. The van der Waals surface area contributed by atoms with Crippen molar-refractivity contribution in [2.45, 2.75) is 23.5 Å². The Hall–Kier alpha value is -0.510. The van der Waals surface area contributed by atoms with Crippen LogP contribution in [0.3, 0.4) is 0 Å². The molecule has 3 heteroatoms. The number of nitrogens with one attached hydrogen (secondary N) is 1. The third-order valence-corrected chi connectivity index (χ3v) is 4.46. The number of benzene rings is 1. The maximum atomic E-state index is 6.08. The van der Waals surface area contributed by atoms with Crippen molar-refractivity contribution in [3.8, 4) is 0 Å². The van der Waals surface area contributed by atoms with Gasteiger partial charge in [0.25, 0.3) is 0 Å². The van der Waals surface area contributed by atoms with E-state index in [2.05, 4.69) is 36.5 Å². The van der Waals surface area contributed by atoms with Crippen LogP contribution in [0.5, 0.6) is 0 Å². The van der Waals surface area contributed by atoms with Crippen LogP contribution in [0.15, 0.2) is 29.2 Å². The fourth-order valence-corrected chi connectivity index (χ4v) is 3.55. The highest BCUT2D eigenvalue weighted by Gasteiger charge is 2.42. The van der Waals surface area contributed by atoms with Crippen molar-refractivity contribution >= 4 is 11.8 Å². The SMILES string of the molecule is CC1COC2(CN1)CSc1ccccc12. The van der Waals surface area contributed by atoms with E-state index in [4.69, 9.17) is 4.74 Å². The standard InChI is InChI=1S/C12H15NOS/c1-9-6-14-12(7-13-9)8-15-11-5-3-2-4-10(11)12/h2-5,9,13H,6-8H2,1H3. The van der Waals surface area contributed by atoms with E-state index in [1.807, 2.05) is 11.8 Å². The topological polar surface area (TPSA) is 21.3 Å². The van der Waals surface area contributed by atoms with Crippen molar-refractivity contribution in [3.05, 3.63) is 29.8 Å². The van der Waals surface area contributed by atoms with E-state index in [9.17, 15) is 0 Å². The molecule has 0 bridgehead atoms. The molecule has 0 aromatic heterocycles. The lowest BCUT2D eigenvalue weighted by molar-refractivity contribution is -0.0684. The van der Waals surface area contributed by atoms with Gasteiger partial charge in [-0.3, -0.25) is 0 Å². The largest absolute Gasteiger partial charge is 0.366 e. The zero-order valence-electron chi connectivity index (χ0n) is 8.82. The van der Waals surface area contributed by atoms with Gasteiger partial charge in [-0.05, 0) is 18.6 Å². The Kier molecular flexibility index (Phi) is 2.27. The maximum absolute atomic E-state index is 6.08. The van der Waals surface area contributed by atoms with Crippen LogP contribution in [0.4, 0.5) is 0 Å². The van der Waals surface area contributed by atoms with Crippen molar-refractivity contribution in [1.29, 1.82) is 0 Å². The molecule has 1 saturated heterocycles. The van der Waals surface area contributed by atoms with Crippen molar-refractivity contribution < 1.29 is 4.74 Å². The first-order valence-corrected chi connectivity index (χ1v) is 6.38. The van der Waals surface area contributed by atoms with Gasteiger partial charge in [-0.25, -0.2) is 0 Å². The number of hydrogen-bond acceptors (Lipinski definition) is 3. The minimum atomic E-state index is -0.0617. The second kappa shape index (κ2) is 3.51. The molecule has 2 unspecified atom stereocenters. The molecule has 1 aromatic carbocycles. The molecule has 0 aliphatic carbocycles. The van der Waals surface area contributed by atoms with Crippen LogP contribution in [0.25, 0.3) is 0 Å². The lowest BCUT2D eigenvalue weighted by Gasteiger charge is -2.37. The smallest absolute Gasteiger partial charge is 0.116 e. The highest BCUT2D eigenvalue weighted by atomic mass is 32.2. The molecule has 1 spiro atoms. The van der Waals surface area contributed by atoms with Gasteiger partial charge in [0.05, 0.1) is 6.61 Å². The first kappa shape index (κ1) is 9.70. The van der Waals surface area contributed by atoms with E-state index in [0.717, 1.165) is 18.9 Å². The molecular formula is C12H15NOS. The Morgan fingerprint density at radius 3 is 3.13 bits per heavy atom. The maximum Gasteiger partial charge on any atom is 0.116 e. The molecule has 1 N–H and O–H groups in total. The third-order valence-electron chi connectivity index (χ3n) is 3.18.